The van der Waals surface area contributed by atoms with Gasteiger partial charge in [-0.15, -0.1) is 0 Å². The number of carbonyl (C=O) groups is 2. The molecule has 0 bridgehead atoms. The second-order valence-electron chi connectivity index (χ2n) is 4.36. The van der Waals surface area contributed by atoms with Gasteiger partial charge in [-0.2, -0.15) is 13.4 Å². The average Bonchev–Trinajstić information content (AvgIpc) is 2.96. The van der Waals surface area contributed by atoms with E-state index in [9.17, 15) is 18.0 Å². The minimum atomic E-state index is -4.53. The number of amides is 2. The average molecular weight is 356 g/mol. The van der Waals surface area contributed by atoms with Crippen molar-refractivity contribution in [3.8, 4) is 5.88 Å². The number of sulfonamides is 1. The van der Waals surface area contributed by atoms with Gasteiger partial charge in [-0.1, -0.05) is 0 Å². The Morgan fingerprint density at radius 2 is 2.04 bits per heavy atom. The lowest BCUT2D eigenvalue weighted by Gasteiger charge is -2.08. The molecule has 0 aliphatic carbocycles. The second-order valence-corrected chi connectivity index (χ2v) is 5.94. The van der Waals surface area contributed by atoms with Crippen LogP contribution in [0, 0.1) is 6.92 Å². The zero-order chi connectivity index (χ0) is 17.9. The first-order valence-corrected chi connectivity index (χ1v) is 7.75. The highest BCUT2D eigenvalue weighted by atomic mass is 32.2. The van der Waals surface area contributed by atoms with E-state index in [4.69, 9.17) is 9.84 Å². The number of methoxy groups -OCH3 is 1. The Labute approximate surface area is 135 Å². The van der Waals surface area contributed by atoms with Crippen molar-refractivity contribution in [2.75, 3.05) is 12.4 Å². The van der Waals surface area contributed by atoms with Crippen molar-refractivity contribution in [1.29, 1.82) is 0 Å². The van der Waals surface area contributed by atoms with Gasteiger partial charge in [0.15, 0.2) is 0 Å². The maximum atomic E-state index is 12.0. The number of ether oxygens (including phenoxy) is 1. The normalized spacial score (nSPS) is 10.9. The summed E-state index contributed by atoms with van der Waals surface area (Å²) in [6.45, 7) is 1.62. The van der Waals surface area contributed by atoms with E-state index < -0.39 is 32.7 Å². The summed E-state index contributed by atoms with van der Waals surface area (Å²) in [5, 5.41) is 10.1. The number of aromatic nitrogens is 2. The molecule has 2 aromatic heterocycles. The first-order chi connectivity index (χ1) is 11.2. The van der Waals surface area contributed by atoms with Crippen LogP contribution in [0.2, 0.25) is 0 Å². The summed E-state index contributed by atoms with van der Waals surface area (Å²) in [7, 11) is -3.17. The Kier molecular flexibility index (Phi) is 4.69. The van der Waals surface area contributed by atoms with Crippen molar-refractivity contribution >= 4 is 28.0 Å². The Bertz CT molecular complexity index is 891. The van der Waals surface area contributed by atoms with Crippen LogP contribution in [0.3, 0.4) is 0 Å². The Hall–Kier alpha value is -3.15. The number of carbonyl (C=O) groups excluding carboxylic acids is 1. The smallest absolute Gasteiger partial charge is 0.340 e. The molecule has 11 nitrogen and oxygen atoms in total. The van der Waals surface area contributed by atoms with Crippen molar-refractivity contribution in [3.63, 3.8) is 0 Å². The topological polar surface area (TPSA) is 161 Å². The van der Waals surface area contributed by atoms with Gasteiger partial charge < -0.3 is 14.3 Å². The second kappa shape index (κ2) is 6.54. The molecule has 0 aliphatic heterocycles. The summed E-state index contributed by atoms with van der Waals surface area (Å²) in [6, 6.07) is 1.25. The van der Waals surface area contributed by atoms with Gasteiger partial charge in [0.2, 0.25) is 11.8 Å². The Morgan fingerprint density at radius 3 is 2.67 bits per heavy atom. The van der Waals surface area contributed by atoms with E-state index in [-0.39, 0.29) is 11.8 Å². The van der Waals surface area contributed by atoms with Crippen molar-refractivity contribution in [3.05, 3.63) is 29.7 Å². The van der Waals surface area contributed by atoms with Gasteiger partial charge in [0, 0.05) is 11.8 Å². The summed E-state index contributed by atoms with van der Waals surface area (Å²) in [5.41, 5.74) is -0.136. The first kappa shape index (κ1) is 17.2. The zero-order valence-electron chi connectivity index (χ0n) is 12.4. The van der Waals surface area contributed by atoms with Gasteiger partial charge in [0.25, 0.3) is 15.1 Å². The largest absolute Gasteiger partial charge is 0.481 e. The van der Waals surface area contributed by atoms with Crippen LogP contribution in [0.15, 0.2) is 27.9 Å². The predicted molar refractivity (Wildman–Crippen MR) is 78.3 cm³/mol. The van der Waals surface area contributed by atoms with Crippen molar-refractivity contribution in [2.24, 2.45) is 0 Å². The van der Waals surface area contributed by atoms with Gasteiger partial charge in [-0.25, -0.2) is 19.3 Å². The molecule has 3 N–H and O–H groups in total. The fourth-order valence-electron chi connectivity index (χ4n) is 1.66. The highest BCUT2D eigenvalue weighted by Gasteiger charge is 2.28. The number of aryl methyl sites for hydroxylation is 1. The number of carboxylic acid groups (broad SMARTS) is 1. The molecule has 0 spiro atoms. The lowest BCUT2D eigenvalue weighted by molar-refractivity contribution is 0.0689. The SMILES string of the molecule is COc1cc(C)nc(NC(=O)NS(=O)(=O)c2occc2C(=O)O)n1. The van der Waals surface area contributed by atoms with Crippen LogP contribution in [-0.4, -0.2) is 42.6 Å². The Morgan fingerprint density at radius 1 is 1.33 bits per heavy atom. The fraction of sp³-hybridized carbons (Fsp3) is 0.167. The molecule has 0 unspecified atom stereocenters. The predicted octanol–water partition coefficient (Wildman–Crippen LogP) is 0.595. The molecule has 0 fully saturated rings. The van der Waals surface area contributed by atoms with E-state index >= 15 is 0 Å². The number of hydrogen-bond donors (Lipinski definition) is 3. The minimum Gasteiger partial charge on any atom is -0.481 e. The molecule has 2 aromatic rings. The van der Waals surface area contributed by atoms with Crippen LogP contribution < -0.4 is 14.8 Å². The quantitative estimate of drug-likeness (QED) is 0.696. The summed E-state index contributed by atoms with van der Waals surface area (Å²) in [4.78, 5) is 30.4. The monoisotopic (exact) mass is 356 g/mol. The van der Waals surface area contributed by atoms with Gasteiger partial charge in [0.05, 0.1) is 13.4 Å². The number of nitrogens with one attached hydrogen (secondary N) is 2. The van der Waals surface area contributed by atoms with Crippen LogP contribution in [0.4, 0.5) is 10.7 Å². The third-order valence-electron chi connectivity index (χ3n) is 2.60. The number of urea groups is 1. The summed E-state index contributed by atoms with van der Waals surface area (Å²) >= 11 is 0. The number of furan rings is 1. The molecule has 0 saturated carbocycles. The minimum absolute atomic E-state index is 0.167. The molecule has 0 saturated heterocycles. The van der Waals surface area contributed by atoms with Crippen molar-refractivity contribution in [2.45, 2.75) is 12.0 Å². The van der Waals surface area contributed by atoms with E-state index in [1.807, 2.05) is 0 Å². The standard InChI is InChI=1S/C12H12N4O7S/c1-6-5-8(22-2)14-11(13-6)15-12(19)16-24(20,21)10-7(9(17)18)3-4-23-10/h3-5H,1-2H3,(H,17,18)(H2,13,14,15,16,19). The molecule has 2 amide bonds. The number of nitrogens with zero attached hydrogens (tertiary/aromatic N) is 2. The van der Waals surface area contributed by atoms with Gasteiger partial charge in [0.1, 0.15) is 5.56 Å². The number of rotatable bonds is 5. The lowest BCUT2D eigenvalue weighted by atomic mass is 10.3. The molecule has 2 heterocycles. The summed E-state index contributed by atoms with van der Waals surface area (Å²) in [6.07, 6.45) is 0.879. The van der Waals surface area contributed by atoms with Crippen molar-refractivity contribution in [1.82, 2.24) is 14.7 Å². The van der Waals surface area contributed by atoms with E-state index in [2.05, 4.69) is 19.7 Å². The number of aromatic carboxylic acids is 1. The number of hydrogen-bond acceptors (Lipinski definition) is 8. The molecular weight excluding hydrogens is 344 g/mol. The van der Waals surface area contributed by atoms with Crippen LogP contribution in [0.25, 0.3) is 0 Å². The summed E-state index contributed by atoms with van der Waals surface area (Å²) < 4.78 is 35.2. The van der Waals surface area contributed by atoms with Crippen molar-refractivity contribution < 1.29 is 32.3 Å². The molecular formula is C12H12N4O7S. The third-order valence-corrected chi connectivity index (χ3v) is 3.85. The molecule has 2 rings (SSSR count). The van der Waals surface area contributed by atoms with Gasteiger partial charge in [-0.05, 0) is 13.0 Å². The highest BCUT2D eigenvalue weighted by molar-refractivity contribution is 7.90. The number of anilines is 1. The first-order valence-electron chi connectivity index (χ1n) is 6.27. The van der Waals surface area contributed by atoms with Crippen LogP contribution in [0.1, 0.15) is 16.1 Å². The molecule has 0 aromatic carbocycles. The summed E-state index contributed by atoms with van der Waals surface area (Å²) in [5.74, 6) is -1.55. The maximum Gasteiger partial charge on any atom is 0.340 e. The molecule has 0 aliphatic rings. The molecule has 128 valence electrons. The van der Waals surface area contributed by atoms with Crippen LogP contribution in [0.5, 0.6) is 5.88 Å². The van der Waals surface area contributed by atoms with Gasteiger partial charge >= 0.3 is 12.0 Å². The molecule has 24 heavy (non-hydrogen) atoms. The van der Waals surface area contributed by atoms with Crippen LogP contribution in [-0.2, 0) is 10.0 Å². The highest BCUT2D eigenvalue weighted by Crippen LogP contribution is 2.17. The zero-order valence-corrected chi connectivity index (χ0v) is 13.2. The number of carboxylic acids is 1. The van der Waals surface area contributed by atoms with Crippen LogP contribution >= 0.6 is 0 Å². The fourth-order valence-corrected chi connectivity index (χ4v) is 2.67. The Balaban J connectivity index is 2.18. The molecule has 12 heteroatoms. The molecule has 0 radical (unpaired) electrons. The van der Waals surface area contributed by atoms with E-state index in [0.29, 0.717) is 5.69 Å². The van der Waals surface area contributed by atoms with E-state index in [0.717, 1.165) is 12.3 Å². The van der Waals surface area contributed by atoms with Gasteiger partial charge in [-0.3, -0.25) is 5.32 Å². The van der Waals surface area contributed by atoms with E-state index in [1.54, 1.807) is 11.6 Å². The molecule has 0 atom stereocenters. The third kappa shape index (κ3) is 3.78. The van der Waals surface area contributed by atoms with E-state index in [1.165, 1.54) is 13.2 Å². The lowest BCUT2D eigenvalue weighted by Crippen LogP contribution is -2.35. The maximum absolute atomic E-state index is 12.0.